The largest absolute Gasteiger partial charge is 0.381 e. The molecule has 0 bridgehead atoms. The molecule has 82 valence electrons. The summed E-state index contributed by atoms with van der Waals surface area (Å²) in [5.41, 5.74) is 4.95. The highest BCUT2D eigenvalue weighted by Crippen LogP contribution is 2.17. The Balaban J connectivity index is 2.08. The zero-order valence-electron chi connectivity index (χ0n) is 9.70. The lowest BCUT2D eigenvalue weighted by Crippen LogP contribution is -2.01. The van der Waals surface area contributed by atoms with Gasteiger partial charge in [-0.1, -0.05) is 18.2 Å². The minimum Gasteiger partial charge on any atom is -0.381 e. The van der Waals surface area contributed by atoms with E-state index in [2.05, 4.69) is 48.4 Å². The zero-order chi connectivity index (χ0) is 11.4. The van der Waals surface area contributed by atoms with Gasteiger partial charge in [0.2, 0.25) is 0 Å². The van der Waals surface area contributed by atoms with E-state index in [0.717, 1.165) is 6.54 Å². The lowest BCUT2D eigenvalue weighted by Gasteiger charge is -2.10. The van der Waals surface area contributed by atoms with Crippen LogP contribution in [0.4, 0.5) is 5.69 Å². The lowest BCUT2D eigenvalue weighted by atomic mass is 10.1. The number of aryl methyl sites for hydroxylation is 2. The van der Waals surface area contributed by atoms with Crippen molar-refractivity contribution in [1.29, 1.82) is 0 Å². The fourth-order valence-corrected chi connectivity index (χ4v) is 1.63. The van der Waals surface area contributed by atoms with Crippen LogP contribution >= 0.6 is 0 Å². The van der Waals surface area contributed by atoms with Crippen LogP contribution in [0.3, 0.4) is 0 Å². The van der Waals surface area contributed by atoms with Crippen LogP contribution in [0.25, 0.3) is 0 Å². The van der Waals surface area contributed by atoms with Crippen molar-refractivity contribution < 1.29 is 0 Å². The van der Waals surface area contributed by atoms with Gasteiger partial charge in [0.05, 0.1) is 0 Å². The molecule has 1 N–H and O–H groups in total. The van der Waals surface area contributed by atoms with E-state index in [1.54, 1.807) is 6.20 Å². The molecule has 0 unspecified atom stereocenters. The molecule has 0 saturated carbocycles. The third kappa shape index (κ3) is 2.60. The number of hydrogen-bond donors (Lipinski definition) is 1. The number of benzene rings is 1. The van der Waals surface area contributed by atoms with E-state index in [0.29, 0.717) is 0 Å². The smallest absolute Gasteiger partial charge is 0.0416 e. The first-order valence-corrected chi connectivity index (χ1v) is 5.46. The molecule has 0 aliphatic heterocycles. The fourth-order valence-electron chi connectivity index (χ4n) is 1.63. The van der Waals surface area contributed by atoms with Gasteiger partial charge in [0.15, 0.2) is 0 Å². The van der Waals surface area contributed by atoms with Crippen molar-refractivity contribution in [2.24, 2.45) is 0 Å². The average molecular weight is 212 g/mol. The molecule has 1 aromatic heterocycles. The van der Waals surface area contributed by atoms with E-state index in [4.69, 9.17) is 0 Å². The highest BCUT2D eigenvalue weighted by molar-refractivity contribution is 5.52. The maximum Gasteiger partial charge on any atom is 0.0416 e. The standard InChI is InChI=1S/C14H16N2/c1-11-5-6-12(2)14(8-11)16-10-13-4-3-7-15-9-13/h3-9,16H,10H2,1-2H3. The molecule has 2 rings (SSSR count). The van der Waals surface area contributed by atoms with Gasteiger partial charge in [0.25, 0.3) is 0 Å². The summed E-state index contributed by atoms with van der Waals surface area (Å²) in [6.45, 7) is 5.04. The minimum absolute atomic E-state index is 0.818. The van der Waals surface area contributed by atoms with Crippen molar-refractivity contribution in [1.82, 2.24) is 4.98 Å². The van der Waals surface area contributed by atoms with Gasteiger partial charge in [-0.15, -0.1) is 0 Å². The van der Waals surface area contributed by atoms with Crippen LogP contribution in [-0.4, -0.2) is 4.98 Å². The minimum atomic E-state index is 0.818. The average Bonchev–Trinajstić information content (AvgIpc) is 2.32. The lowest BCUT2D eigenvalue weighted by molar-refractivity contribution is 1.10. The molecule has 2 heteroatoms. The molecule has 0 aliphatic carbocycles. The molecular weight excluding hydrogens is 196 g/mol. The maximum atomic E-state index is 4.10. The first kappa shape index (κ1) is 10.7. The van der Waals surface area contributed by atoms with Crippen molar-refractivity contribution in [3.63, 3.8) is 0 Å². The Kier molecular flexibility index (Phi) is 3.20. The number of hydrogen-bond acceptors (Lipinski definition) is 2. The summed E-state index contributed by atoms with van der Waals surface area (Å²) in [6, 6.07) is 10.5. The summed E-state index contributed by atoms with van der Waals surface area (Å²) in [5, 5.41) is 3.43. The topological polar surface area (TPSA) is 24.9 Å². The quantitative estimate of drug-likeness (QED) is 0.844. The summed E-state index contributed by atoms with van der Waals surface area (Å²) in [7, 11) is 0. The number of anilines is 1. The first-order valence-electron chi connectivity index (χ1n) is 5.46. The number of aromatic nitrogens is 1. The Morgan fingerprint density at radius 1 is 1.19 bits per heavy atom. The van der Waals surface area contributed by atoms with Gasteiger partial charge in [0, 0.05) is 24.6 Å². The van der Waals surface area contributed by atoms with Gasteiger partial charge < -0.3 is 5.32 Å². The van der Waals surface area contributed by atoms with Gasteiger partial charge in [-0.3, -0.25) is 4.98 Å². The Hall–Kier alpha value is -1.83. The van der Waals surface area contributed by atoms with E-state index in [1.807, 2.05) is 12.3 Å². The van der Waals surface area contributed by atoms with Crippen LogP contribution in [0, 0.1) is 13.8 Å². The van der Waals surface area contributed by atoms with E-state index < -0.39 is 0 Å². The number of nitrogens with one attached hydrogen (secondary N) is 1. The molecule has 0 spiro atoms. The molecule has 0 radical (unpaired) electrons. The summed E-state index contributed by atoms with van der Waals surface area (Å²) < 4.78 is 0. The van der Waals surface area contributed by atoms with Crippen LogP contribution in [-0.2, 0) is 6.54 Å². The normalized spacial score (nSPS) is 10.1. The van der Waals surface area contributed by atoms with Gasteiger partial charge >= 0.3 is 0 Å². The van der Waals surface area contributed by atoms with Crippen LogP contribution in [0.15, 0.2) is 42.7 Å². The third-order valence-corrected chi connectivity index (χ3v) is 2.60. The van der Waals surface area contributed by atoms with Crippen LogP contribution in [0.5, 0.6) is 0 Å². The van der Waals surface area contributed by atoms with E-state index in [1.165, 1.54) is 22.4 Å². The van der Waals surface area contributed by atoms with Crippen molar-refractivity contribution in [3.05, 3.63) is 59.4 Å². The SMILES string of the molecule is Cc1ccc(C)c(NCc2cccnc2)c1. The molecule has 0 saturated heterocycles. The summed E-state index contributed by atoms with van der Waals surface area (Å²) in [4.78, 5) is 4.10. The van der Waals surface area contributed by atoms with Crippen molar-refractivity contribution >= 4 is 5.69 Å². The highest BCUT2D eigenvalue weighted by atomic mass is 14.9. The van der Waals surface area contributed by atoms with E-state index in [9.17, 15) is 0 Å². The molecule has 0 amide bonds. The van der Waals surface area contributed by atoms with Crippen molar-refractivity contribution in [2.75, 3.05) is 5.32 Å². The van der Waals surface area contributed by atoms with E-state index >= 15 is 0 Å². The first-order chi connectivity index (χ1) is 7.75. The van der Waals surface area contributed by atoms with Crippen LogP contribution in [0.2, 0.25) is 0 Å². The summed E-state index contributed by atoms with van der Waals surface area (Å²) in [5.74, 6) is 0. The molecule has 2 nitrogen and oxygen atoms in total. The number of rotatable bonds is 3. The predicted octanol–water partition coefficient (Wildman–Crippen LogP) is 3.31. The number of pyridine rings is 1. The Labute approximate surface area is 96.4 Å². The second kappa shape index (κ2) is 4.79. The Morgan fingerprint density at radius 2 is 2.06 bits per heavy atom. The second-order valence-corrected chi connectivity index (χ2v) is 4.03. The molecule has 1 aromatic carbocycles. The maximum absolute atomic E-state index is 4.10. The Bertz CT molecular complexity index is 463. The zero-order valence-corrected chi connectivity index (χ0v) is 9.70. The predicted molar refractivity (Wildman–Crippen MR) is 67.5 cm³/mol. The van der Waals surface area contributed by atoms with Gasteiger partial charge in [-0.2, -0.15) is 0 Å². The molecule has 0 atom stereocenters. The van der Waals surface area contributed by atoms with Gasteiger partial charge in [-0.25, -0.2) is 0 Å². The molecule has 2 aromatic rings. The van der Waals surface area contributed by atoms with Crippen molar-refractivity contribution in [3.8, 4) is 0 Å². The highest BCUT2D eigenvalue weighted by Gasteiger charge is 1.98. The molecule has 16 heavy (non-hydrogen) atoms. The van der Waals surface area contributed by atoms with E-state index in [-0.39, 0.29) is 0 Å². The molecular formula is C14H16N2. The third-order valence-electron chi connectivity index (χ3n) is 2.60. The fraction of sp³-hybridized carbons (Fsp3) is 0.214. The van der Waals surface area contributed by atoms with Crippen LogP contribution < -0.4 is 5.32 Å². The van der Waals surface area contributed by atoms with Crippen molar-refractivity contribution in [2.45, 2.75) is 20.4 Å². The molecule has 0 aliphatic rings. The number of nitrogens with zero attached hydrogens (tertiary/aromatic N) is 1. The monoisotopic (exact) mass is 212 g/mol. The summed E-state index contributed by atoms with van der Waals surface area (Å²) in [6.07, 6.45) is 3.68. The van der Waals surface area contributed by atoms with Gasteiger partial charge in [-0.05, 0) is 42.7 Å². The van der Waals surface area contributed by atoms with Crippen LogP contribution in [0.1, 0.15) is 16.7 Å². The summed E-state index contributed by atoms with van der Waals surface area (Å²) >= 11 is 0. The molecule has 1 heterocycles. The Morgan fingerprint density at radius 3 is 2.81 bits per heavy atom. The van der Waals surface area contributed by atoms with Gasteiger partial charge in [0.1, 0.15) is 0 Å². The second-order valence-electron chi connectivity index (χ2n) is 4.03. The molecule has 0 fully saturated rings.